The standard InChI is InChI=1S/C16H24O2/c1-10(2-3-16(17)18)4-15-13-6-11-5-12(8-13)9-14(15)7-11/h4,11-15H,2-3,5-9H2,1H3,(H,17,18)/b10-4+. The third kappa shape index (κ3) is 2.34. The summed E-state index contributed by atoms with van der Waals surface area (Å²) in [6, 6.07) is 0. The van der Waals surface area contributed by atoms with E-state index in [4.69, 9.17) is 5.11 Å². The predicted octanol–water partition coefficient (Wildman–Crippen LogP) is 3.87. The Morgan fingerprint density at radius 2 is 1.61 bits per heavy atom. The van der Waals surface area contributed by atoms with Crippen LogP contribution in [-0.2, 0) is 4.79 Å². The van der Waals surface area contributed by atoms with E-state index in [-0.39, 0.29) is 6.42 Å². The third-order valence-corrected chi connectivity index (χ3v) is 5.51. The van der Waals surface area contributed by atoms with Crippen molar-refractivity contribution >= 4 is 5.97 Å². The molecular weight excluding hydrogens is 224 g/mol. The molecule has 0 spiro atoms. The second-order valence-corrected chi connectivity index (χ2v) is 6.91. The number of hydrogen-bond acceptors (Lipinski definition) is 1. The first-order valence-corrected chi connectivity index (χ1v) is 7.51. The van der Waals surface area contributed by atoms with Gasteiger partial charge in [0.05, 0.1) is 0 Å². The summed E-state index contributed by atoms with van der Waals surface area (Å²) in [6.45, 7) is 2.12. The van der Waals surface area contributed by atoms with Crippen LogP contribution in [0, 0.1) is 29.6 Å². The fourth-order valence-corrected chi connectivity index (χ4v) is 4.96. The summed E-state index contributed by atoms with van der Waals surface area (Å²) >= 11 is 0. The number of carboxylic acids is 1. The zero-order valence-electron chi connectivity index (χ0n) is 11.3. The molecule has 4 saturated carbocycles. The van der Waals surface area contributed by atoms with Crippen molar-refractivity contribution in [1.82, 2.24) is 0 Å². The van der Waals surface area contributed by atoms with Crippen LogP contribution in [0.1, 0.15) is 51.9 Å². The van der Waals surface area contributed by atoms with Crippen molar-refractivity contribution in [2.45, 2.75) is 51.9 Å². The second-order valence-electron chi connectivity index (χ2n) is 6.91. The van der Waals surface area contributed by atoms with Crippen LogP contribution in [0.15, 0.2) is 11.6 Å². The van der Waals surface area contributed by atoms with Crippen LogP contribution in [0.5, 0.6) is 0 Å². The molecule has 0 aromatic heterocycles. The van der Waals surface area contributed by atoms with Crippen LogP contribution in [0.4, 0.5) is 0 Å². The topological polar surface area (TPSA) is 37.3 Å². The Hall–Kier alpha value is -0.790. The molecule has 1 N–H and O–H groups in total. The molecule has 0 heterocycles. The molecule has 4 aliphatic rings. The molecule has 100 valence electrons. The highest BCUT2D eigenvalue weighted by molar-refractivity contribution is 5.67. The van der Waals surface area contributed by atoms with E-state index in [1.54, 1.807) is 0 Å². The van der Waals surface area contributed by atoms with Gasteiger partial charge in [-0.2, -0.15) is 0 Å². The zero-order valence-corrected chi connectivity index (χ0v) is 11.3. The Labute approximate surface area is 109 Å². The summed E-state index contributed by atoms with van der Waals surface area (Å²) < 4.78 is 0. The van der Waals surface area contributed by atoms with Crippen molar-refractivity contribution in [3.8, 4) is 0 Å². The Balaban J connectivity index is 1.65. The van der Waals surface area contributed by atoms with E-state index in [0.29, 0.717) is 0 Å². The number of aliphatic carboxylic acids is 1. The molecule has 4 bridgehead atoms. The van der Waals surface area contributed by atoms with Gasteiger partial charge in [0.25, 0.3) is 0 Å². The van der Waals surface area contributed by atoms with E-state index in [0.717, 1.165) is 36.0 Å². The molecular formula is C16H24O2. The molecule has 18 heavy (non-hydrogen) atoms. The Morgan fingerprint density at radius 1 is 1.06 bits per heavy atom. The molecule has 0 amide bonds. The first kappa shape index (κ1) is 12.3. The van der Waals surface area contributed by atoms with Gasteiger partial charge >= 0.3 is 5.97 Å². The summed E-state index contributed by atoms with van der Waals surface area (Å²) in [5.41, 5.74) is 1.30. The average Bonchev–Trinajstić information content (AvgIpc) is 2.30. The lowest BCUT2D eigenvalue weighted by molar-refractivity contribution is -0.136. The summed E-state index contributed by atoms with van der Waals surface area (Å²) in [4.78, 5) is 10.6. The third-order valence-electron chi connectivity index (χ3n) is 5.51. The molecule has 0 aliphatic heterocycles. The van der Waals surface area contributed by atoms with Crippen molar-refractivity contribution < 1.29 is 9.90 Å². The van der Waals surface area contributed by atoms with E-state index in [2.05, 4.69) is 13.0 Å². The van der Waals surface area contributed by atoms with Crippen LogP contribution in [0.3, 0.4) is 0 Å². The summed E-state index contributed by atoms with van der Waals surface area (Å²) in [6.07, 6.45) is 10.7. The van der Waals surface area contributed by atoms with E-state index < -0.39 is 5.97 Å². The van der Waals surface area contributed by atoms with Crippen molar-refractivity contribution in [1.29, 1.82) is 0 Å². The number of hydrogen-bond donors (Lipinski definition) is 1. The molecule has 0 radical (unpaired) electrons. The van der Waals surface area contributed by atoms with Gasteiger partial charge < -0.3 is 5.11 Å². The second kappa shape index (κ2) is 4.71. The molecule has 2 heteroatoms. The number of rotatable bonds is 4. The van der Waals surface area contributed by atoms with Crippen LogP contribution < -0.4 is 0 Å². The Morgan fingerprint density at radius 3 is 2.11 bits per heavy atom. The Bertz CT molecular complexity index is 341. The summed E-state index contributed by atoms with van der Waals surface area (Å²) in [5.74, 6) is 3.98. The van der Waals surface area contributed by atoms with Gasteiger partial charge in [0.2, 0.25) is 0 Å². The predicted molar refractivity (Wildman–Crippen MR) is 71.2 cm³/mol. The molecule has 0 atom stereocenters. The fraction of sp³-hybridized carbons (Fsp3) is 0.812. The van der Waals surface area contributed by atoms with Crippen molar-refractivity contribution in [2.24, 2.45) is 29.6 Å². The number of carbonyl (C=O) groups is 1. The van der Waals surface area contributed by atoms with Gasteiger partial charge in [0.15, 0.2) is 0 Å². The van der Waals surface area contributed by atoms with Crippen LogP contribution >= 0.6 is 0 Å². The van der Waals surface area contributed by atoms with Crippen molar-refractivity contribution in [3.05, 3.63) is 11.6 Å². The highest BCUT2D eigenvalue weighted by Crippen LogP contribution is 2.57. The maximum absolute atomic E-state index is 10.6. The largest absolute Gasteiger partial charge is 0.481 e. The zero-order chi connectivity index (χ0) is 12.7. The smallest absolute Gasteiger partial charge is 0.303 e. The maximum atomic E-state index is 10.6. The van der Waals surface area contributed by atoms with Gasteiger partial charge in [-0.3, -0.25) is 4.79 Å². The Kier molecular flexibility index (Phi) is 3.21. The highest BCUT2D eigenvalue weighted by atomic mass is 16.4. The first-order chi connectivity index (χ1) is 8.61. The SMILES string of the molecule is C/C(=C\C1C2CC3CC(C2)CC1C3)CCC(=O)O. The van der Waals surface area contributed by atoms with Crippen LogP contribution in [-0.4, -0.2) is 11.1 Å². The maximum Gasteiger partial charge on any atom is 0.303 e. The number of allylic oxidation sites excluding steroid dienone is 2. The minimum absolute atomic E-state index is 0.287. The molecule has 2 nitrogen and oxygen atoms in total. The minimum atomic E-state index is -0.673. The van der Waals surface area contributed by atoms with Gasteiger partial charge in [0.1, 0.15) is 0 Å². The van der Waals surface area contributed by atoms with E-state index in [1.165, 1.54) is 37.7 Å². The fourth-order valence-electron chi connectivity index (χ4n) is 4.96. The monoisotopic (exact) mass is 248 g/mol. The summed E-state index contributed by atoms with van der Waals surface area (Å²) in [7, 11) is 0. The molecule has 0 unspecified atom stereocenters. The molecule has 0 aromatic carbocycles. The van der Waals surface area contributed by atoms with Gasteiger partial charge in [0, 0.05) is 6.42 Å². The quantitative estimate of drug-likeness (QED) is 0.767. The van der Waals surface area contributed by atoms with Gasteiger partial charge in [-0.25, -0.2) is 0 Å². The normalized spacial score (nSPS) is 42.3. The lowest BCUT2D eigenvalue weighted by Crippen LogP contribution is -2.44. The molecule has 4 rings (SSSR count). The molecule has 4 aliphatic carbocycles. The van der Waals surface area contributed by atoms with Gasteiger partial charge in [-0.15, -0.1) is 0 Å². The van der Waals surface area contributed by atoms with Gasteiger partial charge in [-0.05, 0) is 75.0 Å². The van der Waals surface area contributed by atoms with Crippen molar-refractivity contribution in [3.63, 3.8) is 0 Å². The summed E-state index contributed by atoms with van der Waals surface area (Å²) in [5, 5.41) is 8.74. The lowest BCUT2D eigenvalue weighted by atomic mass is 9.52. The highest BCUT2D eigenvalue weighted by Gasteiger charge is 2.47. The average molecular weight is 248 g/mol. The molecule has 0 saturated heterocycles. The minimum Gasteiger partial charge on any atom is -0.481 e. The van der Waals surface area contributed by atoms with E-state index in [9.17, 15) is 4.79 Å². The molecule has 4 fully saturated rings. The first-order valence-electron chi connectivity index (χ1n) is 7.51. The number of carboxylic acid groups (broad SMARTS) is 1. The van der Waals surface area contributed by atoms with Gasteiger partial charge in [-0.1, -0.05) is 11.6 Å². The van der Waals surface area contributed by atoms with E-state index >= 15 is 0 Å². The van der Waals surface area contributed by atoms with Crippen LogP contribution in [0.25, 0.3) is 0 Å². The molecule has 0 aromatic rings. The van der Waals surface area contributed by atoms with Crippen LogP contribution in [0.2, 0.25) is 0 Å². The lowest BCUT2D eigenvalue weighted by Gasteiger charge is -2.54. The van der Waals surface area contributed by atoms with Crippen molar-refractivity contribution in [2.75, 3.05) is 0 Å². The van der Waals surface area contributed by atoms with E-state index in [1.807, 2.05) is 0 Å².